The van der Waals surface area contributed by atoms with Crippen molar-refractivity contribution in [3.05, 3.63) is 42.5 Å². The Bertz CT molecular complexity index is 634. The van der Waals surface area contributed by atoms with E-state index >= 15 is 0 Å². The number of rotatable bonds is 5. The summed E-state index contributed by atoms with van der Waals surface area (Å²) in [4.78, 5) is 18.8. The molecule has 1 aromatic heterocycles. The zero-order valence-corrected chi connectivity index (χ0v) is 13.5. The highest BCUT2D eigenvalue weighted by Crippen LogP contribution is 2.11. The molecule has 1 fully saturated rings. The van der Waals surface area contributed by atoms with Crippen molar-refractivity contribution in [3.8, 4) is 5.69 Å². The van der Waals surface area contributed by atoms with Gasteiger partial charge in [-0.25, -0.2) is 9.67 Å². The maximum Gasteiger partial charge on any atom is 0.251 e. The minimum Gasteiger partial charge on any atom is -0.348 e. The first-order valence-electron chi connectivity index (χ1n) is 8.20. The second-order valence-electron chi connectivity index (χ2n) is 6.13. The largest absolute Gasteiger partial charge is 0.348 e. The second-order valence-corrected chi connectivity index (χ2v) is 6.13. The predicted molar refractivity (Wildman–Crippen MR) is 88.6 cm³/mol. The Kier molecular flexibility index (Phi) is 5.02. The molecule has 0 spiro atoms. The predicted octanol–water partition coefficient (Wildman–Crippen LogP) is 1.87. The SMILES string of the molecule is CC(CN1CCCCC1)NC(=O)c1cccc(-n2cncn2)c1. The fraction of sp³-hybridized carbons (Fsp3) is 0.471. The van der Waals surface area contributed by atoms with Gasteiger partial charge < -0.3 is 10.2 Å². The molecular weight excluding hydrogens is 290 g/mol. The van der Waals surface area contributed by atoms with Gasteiger partial charge in [-0.05, 0) is 51.1 Å². The van der Waals surface area contributed by atoms with Gasteiger partial charge in [0, 0.05) is 18.2 Å². The van der Waals surface area contributed by atoms with Crippen LogP contribution in [0.25, 0.3) is 5.69 Å². The normalized spacial score (nSPS) is 16.9. The number of likely N-dealkylation sites (tertiary alicyclic amines) is 1. The van der Waals surface area contributed by atoms with Crippen LogP contribution in [-0.2, 0) is 0 Å². The lowest BCUT2D eigenvalue weighted by Gasteiger charge is -2.29. The Morgan fingerprint density at radius 3 is 2.87 bits per heavy atom. The van der Waals surface area contributed by atoms with Crippen LogP contribution >= 0.6 is 0 Å². The molecule has 1 aliphatic heterocycles. The van der Waals surface area contributed by atoms with Gasteiger partial charge in [0.25, 0.3) is 5.91 Å². The summed E-state index contributed by atoms with van der Waals surface area (Å²) >= 11 is 0. The van der Waals surface area contributed by atoms with Crippen LogP contribution in [0.3, 0.4) is 0 Å². The highest BCUT2D eigenvalue weighted by atomic mass is 16.1. The summed E-state index contributed by atoms with van der Waals surface area (Å²) in [6, 6.07) is 7.56. The van der Waals surface area contributed by atoms with E-state index in [2.05, 4.69) is 27.2 Å². The molecule has 2 heterocycles. The third-order valence-electron chi connectivity index (χ3n) is 4.15. The van der Waals surface area contributed by atoms with Crippen molar-refractivity contribution in [2.75, 3.05) is 19.6 Å². The van der Waals surface area contributed by atoms with E-state index in [1.807, 2.05) is 24.3 Å². The van der Waals surface area contributed by atoms with Crippen LogP contribution in [0, 0.1) is 0 Å². The highest BCUT2D eigenvalue weighted by molar-refractivity contribution is 5.94. The molecule has 1 aromatic carbocycles. The summed E-state index contributed by atoms with van der Waals surface area (Å²) in [5, 5.41) is 7.18. The van der Waals surface area contributed by atoms with Gasteiger partial charge in [0.05, 0.1) is 5.69 Å². The molecule has 122 valence electrons. The van der Waals surface area contributed by atoms with Crippen LogP contribution in [0.5, 0.6) is 0 Å². The average molecular weight is 313 g/mol. The van der Waals surface area contributed by atoms with Crippen molar-refractivity contribution in [2.24, 2.45) is 0 Å². The maximum absolute atomic E-state index is 12.4. The third kappa shape index (κ3) is 4.16. The highest BCUT2D eigenvalue weighted by Gasteiger charge is 2.16. The number of nitrogens with zero attached hydrogens (tertiary/aromatic N) is 4. The van der Waals surface area contributed by atoms with E-state index in [1.54, 1.807) is 11.0 Å². The Labute approximate surface area is 136 Å². The number of nitrogens with one attached hydrogen (secondary N) is 1. The zero-order chi connectivity index (χ0) is 16.1. The van der Waals surface area contributed by atoms with Crippen LogP contribution in [-0.4, -0.2) is 51.2 Å². The van der Waals surface area contributed by atoms with E-state index < -0.39 is 0 Å². The summed E-state index contributed by atoms with van der Waals surface area (Å²) in [5.41, 5.74) is 1.47. The zero-order valence-electron chi connectivity index (χ0n) is 13.5. The number of carbonyl (C=O) groups excluding carboxylic acids is 1. The van der Waals surface area contributed by atoms with Gasteiger partial charge in [-0.3, -0.25) is 4.79 Å². The summed E-state index contributed by atoms with van der Waals surface area (Å²) in [6.45, 7) is 5.26. The van der Waals surface area contributed by atoms with E-state index in [-0.39, 0.29) is 11.9 Å². The van der Waals surface area contributed by atoms with Crippen molar-refractivity contribution < 1.29 is 4.79 Å². The molecule has 6 heteroatoms. The molecule has 3 rings (SSSR count). The van der Waals surface area contributed by atoms with E-state index in [9.17, 15) is 4.79 Å². The van der Waals surface area contributed by atoms with Gasteiger partial charge in [-0.2, -0.15) is 5.10 Å². The maximum atomic E-state index is 12.4. The molecule has 1 atom stereocenters. The lowest BCUT2D eigenvalue weighted by atomic mass is 10.1. The third-order valence-corrected chi connectivity index (χ3v) is 4.15. The lowest BCUT2D eigenvalue weighted by Crippen LogP contribution is -2.43. The first kappa shape index (κ1) is 15.7. The van der Waals surface area contributed by atoms with Crippen LogP contribution in [0.4, 0.5) is 0 Å². The monoisotopic (exact) mass is 313 g/mol. The van der Waals surface area contributed by atoms with Crippen molar-refractivity contribution >= 4 is 5.91 Å². The van der Waals surface area contributed by atoms with Gasteiger partial charge in [0.15, 0.2) is 0 Å². The molecule has 1 N–H and O–H groups in total. The Morgan fingerprint density at radius 2 is 2.13 bits per heavy atom. The van der Waals surface area contributed by atoms with E-state index in [4.69, 9.17) is 0 Å². The number of carbonyl (C=O) groups is 1. The molecule has 1 saturated heterocycles. The van der Waals surface area contributed by atoms with Gasteiger partial charge in [-0.1, -0.05) is 12.5 Å². The van der Waals surface area contributed by atoms with Gasteiger partial charge in [-0.15, -0.1) is 0 Å². The summed E-state index contributed by atoms with van der Waals surface area (Å²) in [6.07, 6.45) is 6.96. The quantitative estimate of drug-likeness (QED) is 0.915. The van der Waals surface area contributed by atoms with Crippen molar-refractivity contribution in [3.63, 3.8) is 0 Å². The van der Waals surface area contributed by atoms with Crippen LogP contribution in [0.2, 0.25) is 0 Å². The smallest absolute Gasteiger partial charge is 0.251 e. The van der Waals surface area contributed by atoms with Gasteiger partial charge in [0.1, 0.15) is 12.7 Å². The molecule has 1 amide bonds. The minimum absolute atomic E-state index is 0.0449. The molecule has 0 saturated carbocycles. The number of hydrogen-bond acceptors (Lipinski definition) is 4. The molecule has 0 radical (unpaired) electrons. The summed E-state index contributed by atoms with van der Waals surface area (Å²) < 4.78 is 1.65. The fourth-order valence-corrected chi connectivity index (χ4v) is 3.01. The van der Waals surface area contributed by atoms with Crippen LogP contribution in [0.15, 0.2) is 36.9 Å². The molecule has 0 aliphatic carbocycles. The standard InChI is InChI=1S/C17H23N5O/c1-14(11-21-8-3-2-4-9-21)20-17(23)15-6-5-7-16(10-15)22-13-18-12-19-22/h5-7,10,12-14H,2-4,8-9,11H2,1H3,(H,20,23). The molecule has 1 aliphatic rings. The molecule has 23 heavy (non-hydrogen) atoms. The Balaban J connectivity index is 1.60. The lowest BCUT2D eigenvalue weighted by molar-refractivity contribution is 0.0925. The topological polar surface area (TPSA) is 63.1 Å². The molecular formula is C17H23N5O. The molecule has 0 bridgehead atoms. The van der Waals surface area contributed by atoms with Gasteiger partial charge >= 0.3 is 0 Å². The van der Waals surface area contributed by atoms with Crippen molar-refractivity contribution in [2.45, 2.75) is 32.2 Å². The van der Waals surface area contributed by atoms with E-state index in [1.165, 1.54) is 25.6 Å². The Hall–Kier alpha value is -2.21. The van der Waals surface area contributed by atoms with Crippen molar-refractivity contribution in [1.29, 1.82) is 0 Å². The summed E-state index contributed by atoms with van der Waals surface area (Å²) in [5.74, 6) is -0.0449. The average Bonchev–Trinajstić information content (AvgIpc) is 3.10. The Morgan fingerprint density at radius 1 is 1.30 bits per heavy atom. The fourth-order valence-electron chi connectivity index (χ4n) is 3.01. The second kappa shape index (κ2) is 7.37. The van der Waals surface area contributed by atoms with E-state index in [0.29, 0.717) is 5.56 Å². The summed E-state index contributed by atoms with van der Waals surface area (Å²) in [7, 11) is 0. The molecule has 2 aromatic rings. The molecule has 1 unspecified atom stereocenters. The van der Waals surface area contributed by atoms with Crippen LogP contribution in [0.1, 0.15) is 36.5 Å². The minimum atomic E-state index is -0.0449. The first-order chi connectivity index (χ1) is 11.2. The first-order valence-corrected chi connectivity index (χ1v) is 8.20. The van der Waals surface area contributed by atoms with Crippen molar-refractivity contribution in [1.82, 2.24) is 25.0 Å². The number of benzene rings is 1. The molecule has 6 nitrogen and oxygen atoms in total. The number of hydrogen-bond donors (Lipinski definition) is 1. The number of amides is 1. The number of piperidine rings is 1. The number of aromatic nitrogens is 3. The van der Waals surface area contributed by atoms with Gasteiger partial charge in [0.2, 0.25) is 0 Å². The van der Waals surface area contributed by atoms with Crippen LogP contribution < -0.4 is 5.32 Å². The van der Waals surface area contributed by atoms with E-state index in [0.717, 1.165) is 25.3 Å².